The molecule has 0 bridgehead atoms. The summed E-state index contributed by atoms with van der Waals surface area (Å²) in [6.45, 7) is 4.79. The number of methoxy groups -OCH3 is 1. The highest BCUT2D eigenvalue weighted by molar-refractivity contribution is 5.97. The van der Waals surface area contributed by atoms with Gasteiger partial charge in [0.2, 0.25) is 5.91 Å². The van der Waals surface area contributed by atoms with Crippen molar-refractivity contribution >= 4 is 11.6 Å². The summed E-state index contributed by atoms with van der Waals surface area (Å²) in [5, 5.41) is 0. The fraction of sp³-hybridized carbons (Fsp3) is 0.350. The number of hydrogen-bond donors (Lipinski definition) is 0. The molecule has 1 saturated carbocycles. The third kappa shape index (κ3) is 3.24. The second-order valence-corrected chi connectivity index (χ2v) is 6.14. The van der Waals surface area contributed by atoms with Crippen LogP contribution in [0.15, 0.2) is 48.5 Å². The van der Waals surface area contributed by atoms with Crippen LogP contribution >= 0.6 is 0 Å². The van der Waals surface area contributed by atoms with Crippen molar-refractivity contribution < 1.29 is 9.53 Å². The molecule has 0 saturated heterocycles. The van der Waals surface area contributed by atoms with Crippen LogP contribution in [0.2, 0.25) is 0 Å². The first-order valence-corrected chi connectivity index (χ1v) is 8.16. The first kappa shape index (κ1) is 15.6. The highest BCUT2D eigenvalue weighted by Crippen LogP contribution is 2.49. The Morgan fingerprint density at radius 3 is 2.57 bits per heavy atom. The number of benzene rings is 2. The summed E-state index contributed by atoms with van der Waals surface area (Å²) in [6, 6.07) is 16.2. The van der Waals surface area contributed by atoms with E-state index in [1.54, 1.807) is 7.11 Å². The number of amides is 1. The Morgan fingerprint density at radius 2 is 1.96 bits per heavy atom. The molecule has 3 rings (SSSR count). The molecule has 0 spiro atoms. The Balaban J connectivity index is 1.73. The van der Waals surface area contributed by atoms with E-state index in [4.69, 9.17) is 4.74 Å². The quantitative estimate of drug-likeness (QED) is 0.830. The van der Waals surface area contributed by atoms with Gasteiger partial charge in [0.15, 0.2) is 0 Å². The number of carbonyl (C=O) groups excluding carboxylic acids is 1. The van der Waals surface area contributed by atoms with Crippen LogP contribution in [0.3, 0.4) is 0 Å². The van der Waals surface area contributed by atoms with Crippen molar-refractivity contribution in [3.05, 3.63) is 59.7 Å². The first-order chi connectivity index (χ1) is 11.1. The molecule has 1 aliphatic carbocycles. The zero-order chi connectivity index (χ0) is 16.4. The van der Waals surface area contributed by atoms with Crippen molar-refractivity contribution in [1.29, 1.82) is 0 Å². The maximum atomic E-state index is 12.9. The van der Waals surface area contributed by atoms with Gasteiger partial charge in [-0.05, 0) is 61.6 Å². The molecule has 23 heavy (non-hydrogen) atoms. The minimum absolute atomic E-state index is 0.101. The molecule has 0 N–H and O–H groups in total. The molecule has 3 nitrogen and oxygen atoms in total. The average molecular weight is 309 g/mol. The lowest BCUT2D eigenvalue weighted by atomic mass is 10.1. The molecule has 0 radical (unpaired) electrons. The van der Waals surface area contributed by atoms with Crippen molar-refractivity contribution in [2.24, 2.45) is 5.92 Å². The van der Waals surface area contributed by atoms with Gasteiger partial charge in [-0.3, -0.25) is 4.79 Å². The second kappa shape index (κ2) is 6.45. The van der Waals surface area contributed by atoms with Gasteiger partial charge in [-0.2, -0.15) is 0 Å². The summed E-state index contributed by atoms with van der Waals surface area (Å²) in [5.74, 6) is 1.53. The molecule has 1 fully saturated rings. The summed E-state index contributed by atoms with van der Waals surface area (Å²) in [5.41, 5.74) is 3.40. The zero-order valence-corrected chi connectivity index (χ0v) is 14.0. The number of ether oxygens (including phenoxy) is 1. The van der Waals surface area contributed by atoms with Crippen LogP contribution in [0.25, 0.3) is 0 Å². The van der Waals surface area contributed by atoms with E-state index in [1.807, 2.05) is 36.1 Å². The summed E-state index contributed by atoms with van der Waals surface area (Å²) < 4.78 is 5.19. The Bertz CT molecular complexity index is 693. The molecular formula is C20H23NO2. The van der Waals surface area contributed by atoms with Gasteiger partial charge in [0.1, 0.15) is 5.75 Å². The van der Waals surface area contributed by atoms with Crippen molar-refractivity contribution in [2.45, 2.75) is 26.2 Å². The predicted octanol–water partition coefficient (Wildman–Crippen LogP) is 4.16. The van der Waals surface area contributed by atoms with Gasteiger partial charge in [0, 0.05) is 18.2 Å². The Hall–Kier alpha value is -2.29. The van der Waals surface area contributed by atoms with E-state index < -0.39 is 0 Å². The predicted molar refractivity (Wildman–Crippen MR) is 93.0 cm³/mol. The molecule has 1 aliphatic rings. The van der Waals surface area contributed by atoms with Crippen LogP contribution in [0.1, 0.15) is 30.4 Å². The first-order valence-electron chi connectivity index (χ1n) is 8.16. The van der Waals surface area contributed by atoms with Gasteiger partial charge in [0.25, 0.3) is 0 Å². The third-order valence-corrected chi connectivity index (χ3v) is 4.55. The number of carbonyl (C=O) groups is 1. The normalized spacial score (nSPS) is 19.3. The topological polar surface area (TPSA) is 29.5 Å². The van der Waals surface area contributed by atoms with Crippen LogP contribution in [0, 0.1) is 12.8 Å². The smallest absolute Gasteiger partial charge is 0.230 e. The Labute approximate surface area is 137 Å². The SMILES string of the molecule is CCN(C(=O)C1CC1c1ccc(OC)cc1)c1cccc(C)c1. The van der Waals surface area contributed by atoms with E-state index in [1.165, 1.54) is 11.1 Å². The molecule has 0 aromatic heterocycles. The van der Waals surface area contributed by atoms with Gasteiger partial charge < -0.3 is 9.64 Å². The van der Waals surface area contributed by atoms with E-state index in [2.05, 4.69) is 31.2 Å². The highest BCUT2D eigenvalue weighted by atomic mass is 16.5. The number of anilines is 1. The van der Waals surface area contributed by atoms with Gasteiger partial charge >= 0.3 is 0 Å². The second-order valence-electron chi connectivity index (χ2n) is 6.14. The minimum Gasteiger partial charge on any atom is -0.497 e. The van der Waals surface area contributed by atoms with E-state index in [9.17, 15) is 4.79 Å². The monoisotopic (exact) mass is 309 g/mol. The van der Waals surface area contributed by atoms with E-state index >= 15 is 0 Å². The maximum Gasteiger partial charge on any atom is 0.230 e. The Kier molecular flexibility index (Phi) is 4.37. The fourth-order valence-corrected chi connectivity index (χ4v) is 3.15. The number of rotatable bonds is 5. The maximum absolute atomic E-state index is 12.9. The molecule has 120 valence electrons. The molecule has 2 atom stereocenters. The van der Waals surface area contributed by atoms with Crippen LogP contribution in [0.4, 0.5) is 5.69 Å². The van der Waals surface area contributed by atoms with Crippen molar-refractivity contribution in [2.75, 3.05) is 18.6 Å². The van der Waals surface area contributed by atoms with Crippen LogP contribution in [-0.2, 0) is 4.79 Å². The summed E-state index contributed by atoms with van der Waals surface area (Å²) in [6.07, 6.45) is 0.938. The molecule has 0 heterocycles. The van der Waals surface area contributed by atoms with Crippen LogP contribution in [0.5, 0.6) is 5.75 Å². The fourth-order valence-electron chi connectivity index (χ4n) is 3.15. The number of aryl methyl sites for hydroxylation is 1. The molecule has 0 aliphatic heterocycles. The standard InChI is InChI=1S/C20H23NO2/c1-4-21(16-7-5-6-14(2)12-16)20(22)19-13-18(19)15-8-10-17(23-3)11-9-15/h5-12,18-19H,4,13H2,1-3H3. The lowest BCUT2D eigenvalue weighted by Crippen LogP contribution is -2.32. The summed E-state index contributed by atoms with van der Waals surface area (Å²) in [4.78, 5) is 14.8. The molecule has 2 unspecified atom stereocenters. The number of hydrogen-bond acceptors (Lipinski definition) is 2. The lowest BCUT2D eigenvalue weighted by Gasteiger charge is -2.21. The molecule has 1 amide bonds. The van der Waals surface area contributed by atoms with Gasteiger partial charge in [-0.25, -0.2) is 0 Å². The third-order valence-electron chi connectivity index (χ3n) is 4.55. The average Bonchev–Trinajstić information content (AvgIpc) is 3.36. The van der Waals surface area contributed by atoms with Gasteiger partial charge in [-0.15, -0.1) is 0 Å². The van der Waals surface area contributed by atoms with Crippen molar-refractivity contribution in [3.8, 4) is 5.75 Å². The van der Waals surface area contributed by atoms with Crippen LogP contribution < -0.4 is 9.64 Å². The van der Waals surface area contributed by atoms with Gasteiger partial charge in [0.05, 0.1) is 7.11 Å². The van der Waals surface area contributed by atoms with E-state index in [-0.39, 0.29) is 11.8 Å². The van der Waals surface area contributed by atoms with Crippen molar-refractivity contribution in [3.63, 3.8) is 0 Å². The lowest BCUT2D eigenvalue weighted by molar-refractivity contribution is -0.119. The molecule has 2 aromatic rings. The minimum atomic E-state index is 0.101. The Morgan fingerprint density at radius 1 is 1.22 bits per heavy atom. The van der Waals surface area contributed by atoms with E-state index in [0.29, 0.717) is 12.5 Å². The van der Waals surface area contributed by atoms with Crippen molar-refractivity contribution in [1.82, 2.24) is 0 Å². The molecular weight excluding hydrogens is 286 g/mol. The summed E-state index contributed by atoms with van der Waals surface area (Å²) >= 11 is 0. The van der Waals surface area contributed by atoms with E-state index in [0.717, 1.165) is 17.9 Å². The van der Waals surface area contributed by atoms with Gasteiger partial charge in [-0.1, -0.05) is 24.3 Å². The molecule has 2 aromatic carbocycles. The molecule has 3 heteroatoms. The number of nitrogens with zero attached hydrogens (tertiary/aromatic N) is 1. The van der Waals surface area contributed by atoms with Crippen LogP contribution in [-0.4, -0.2) is 19.6 Å². The highest BCUT2D eigenvalue weighted by Gasteiger charge is 2.45. The zero-order valence-electron chi connectivity index (χ0n) is 14.0. The summed E-state index contributed by atoms with van der Waals surface area (Å²) in [7, 11) is 1.67. The largest absolute Gasteiger partial charge is 0.497 e.